The number of hydrogen-bond donors (Lipinski definition) is 1. The quantitative estimate of drug-likeness (QED) is 0.535. The molecule has 29 heavy (non-hydrogen) atoms. The number of methoxy groups -OCH3 is 1. The smallest absolute Gasteiger partial charge is 0.338 e. The van der Waals surface area contributed by atoms with Gasteiger partial charge in [0, 0.05) is 23.6 Å². The van der Waals surface area contributed by atoms with E-state index in [0.29, 0.717) is 34.0 Å². The Hall–Kier alpha value is -3.48. The van der Waals surface area contributed by atoms with Gasteiger partial charge in [-0.1, -0.05) is 26.0 Å². The molecule has 0 aliphatic carbocycles. The van der Waals surface area contributed by atoms with E-state index in [2.05, 4.69) is 4.98 Å². The number of aromatic amines is 1. The average molecular weight is 396 g/mol. The van der Waals surface area contributed by atoms with Gasteiger partial charge in [0.15, 0.2) is 0 Å². The Morgan fingerprint density at radius 1 is 1.10 bits per heavy atom. The fourth-order valence-electron chi connectivity index (χ4n) is 3.45. The summed E-state index contributed by atoms with van der Waals surface area (Å²) in [6.07, 6.45) is 1.97. The highest BCUT2D eigenvalue weighted by Gasteiger charge is 2.34. The molecule has 1 N–H and O–H groups in total. The molecule has 2 aromatic carbocycles. The third-order valence-corrected chi connectivity index (χ3v) is 4.71. The van der Waals surface area contributed by atoms with Crippen molar-refractivity contribution in [1.82, 2.24) is 9.88 Å². The standard InChI is InChI=1S/C20H15FN2O4.C2H6/c1-27-20(26)15-8-12(21)9-16-17(15)11(10-22-16)6-7-23-18(24)13-4-2-3-5-14(13)19(23)25;1-2/h2-5,8-10,22H,6-7H2,1H3;1-2H3. The van der Waals surface area contributed by atoms with Crippen LogP contribution in [0.25, 0.3) is 10.9 Å². The molecule has 0 atom stereocenters. The van der Waals surface area contributed by atoms with Gasteiger partial charge in [-0.05, 0) is 36.2 Å². The van der Waals surface area contributed by atoms with Crippen LogP contribution in [-0.2, 0) is 11.2 Å². The van der Waals surface area contributed by atoms with Gasteiger partial charge in [0.05, 0.1) is 23.8 Å². The fraction of sp³-hybridized carbons (Fsp3) is 0.227. The number of carbonyl (C=O) groups is 3. The Morgan fingerprint density at radius 3 is 2.31 bits per heavy atom. The van der Waals surface area contributed by atoms with E-state index < -0.39 is 11.8 Å². The molecule has 6 nitrogen and oxygen atoms in total. The minimum Gasteiger partial charge on any atom is -0.465 e. The molecule has 1 aliphatic heterocycles. The second-order valence-electron chi connectivity index (χ2n) is 6.24. The number of H-pyrrole nitrogens is 1. The predicted octanol–water partition coefficient (Wildman–Crippen LogP) is 3.96. The zero-order chi connectivity index (χ0) is 21.1. The molecule has 2 amide bonds. The normalized spacial score (nSPS) is 12.6. The molecular formula is C22H21FN2O4. The Labute approximate surface area is 167 Å². The lowest BCUT2D eigenvalue weighted by Crippen LogP contribution is -2.31. The first kappa shape index (κ1) is 20.3. The van der Waals surface area contributed by atoms with E-state index in [4.69, 9.17) is 4.74 Å². The van der Waals surface area contributed by atoms with Crippen molar-refractivity contribution in [3.05, 3.63) is 70.7 Å². The highest BCUT2D eigenvalue weighted by Crippen LogP contribution is 2.27. The van der Waals surface area contributed by atoms with Crippen LogP contribution in [0, 0.1) is 5.82 Å². The molecule has 0 unspecified atom stereocenters. The van der Waals surface area contributed by atoms with Crippen molar-refractivity contribution in [3.63, 3.8) is 0 Å². The van der Waals surface area contributed by atoms with Crippen molar-refractivity contribution in [2.24, 2.45) is 0 Å². The molecule has 0 radical (unpaired) electrons. The van der Waals surface area contributed by atoms with Gasteiger partial charge in [0.25, 0.3) is 11.8 Å². The molecule has 0 fully saturated rings. The van der Waals surface area contributed by atoms with Gasteiger partial charge in [0.1, 0.15) is 5.82 Å². The topological polar surface area (TPSA) is 79.5 Å². The summed E-state index contributed by atoms with van der Waals surface area (Å²) in [5, 5.41) is 0.528. The molecule has 0 saturated heterocycles. The first-order valence-corrected chi connectivity index (χ1v) is 9.34. The zero-order valence-corrected chi connectivity index (χ0v) is 16.4. The Balaban J connectivity index is 0.00000117. The van der Waals surface area contributed by atoms with Gasteiger partial charge in [-0.25, -0.2) is 9.18 Å². The van der Waals surface area contributed by atoms with Gasteiger partial charge in [-0.15, -0.1) is 0 Å². The highest BCUT2D eigenvalue weighted by atomic mass is 19.1. The molecule has 4 rings (SSSR count). The fourth-order valence-corrected chi connectivity index (χ4v) is 3.45. The van der Waals surface area contributed by atoms with E-state index in [9.17, 15) is 18.8 Å². The predicted molar refractivity (Wildman–Crippen MR) is 106 cm³/mol. The van der Waals surface area contributed by atoms with Crippen molar-refractivity contribution in [1.29, 1.82) is 0 Å². The number of aromatic nitrogens is 1. The van der Waals surface area contributed by atoms with Crippen molar-refractivity contribution in [2.75, 3.05) is 13.7 Å². The van der Waals surface area contributed by atoms with E-state index in [1.54, 1.807) is 30.5 Å². The zero-order valence-electron chi connectivity index (χ0n) is 16.4. The third kappa shape index (κ3) is 3.51. The lowest BCUT2D eigenvalue weighted by atomic mass is 10.0. The number of benzene rings is 2. The molecule has 150 valence electrons. The molecule has 1 aromatic heterocycles. The van der Waals surface area contributed by atoms with E-state index in [-0.39, 0.29) is 23.9 Å². The molecule has 2 heterocycles. The van der Waals surface area contributed by atoms with Crippen LogP contribution in [0.15, 0.2) is 42.6 Å². The van der Waals surface area contributed by atoms with Crippen LogP contribution in [0.3, 0.4) is 0 Å². The maximum atomic E-state index is 13.8. The van der Waals surface area contributed by atoms with E-state index >= 15 is 0 Å². The lowest BCUT2D eigenvalue weighted by molar-refractivity contribution is 0.0599. The number of imide groups is 1. The number of nitrogens with one attached hydrogen (secondary N) is 1. The van der Waals surface area contributed by atoms with Crippen LogP contribution in [0.2, 0.25) is 0 Å². The first-order valence-electron chi connectivity index (χ1n) is 9.34. The minimum atomic E-state index is -0.652. The van der Waals surface area contributed by atoms with Crippen LogP contribution < -0.4 is 0 Å². The van der Waals surface area contributed by atoms with Crippen LogP contribution >= 0.6 is 0 Å². The lowest BCUT2D eigenvalue weighted by Gasteiger charge is -2.13. The summed E-state index contributed by atoms with van der Waals surface area (Å²) in [6.45, 7) is 4.15. The van der Waals surface area contributed by atoms with Gasteiger partial charge in [-0.3, -0.25) is 14.5 Å². The van der Waals surface area contributed by atoms with Gasteiger partial charge in [-0.2, -0.15) is 0 Å². The number of esters is 1. The summed E-state index contributed by atoms with van der Waals surface area (Å²) in [5.74, 6) is -1.89. The number of fused-ring (bicyclic) bond motifs is 2. The number of halogens is 1. The van der Waals surface area contributed by atoms with Gasteiger partial charge in [0.2, 0.25) is 0 Å². The minimum absolute atomic E-state index is 0.103. The molecular weight excluding hydrogens is 375 g/mol. The van der Waals surface area contributed by atoms with Crippen molar-refractivity contribution < 1.29 is 23.5 Å². The number of nitrogens with zero attached hydrogens (tertiary/aromatic N) is 1. The van der Waals surface area contributed by atoms with E-state index in [1.165, 1.54) is 18.1 Å². The maximum Gasteiger partial charge on any atom is 0.338 e. The van der Waals surface area contributed by atoms with Gasteiger partial charge < -0.3 is 9.72 Å². The second kappa shape index (κ2) is 8.26. The summed E-state index contributed by atoms with van der Waals surface area (Å²) < 4.78 is 18.5. The summed E-state index contributed by atoms with van der Waals surface area (Å²) in [6, 6.07) is 9.08. The summed E-state index contributed by atoms with van der Waals surface area (Å²) in [5.41, 5.74) is 2.03. The molecule has 7 heteroatoms. The monoisotopic (exact) mass is 396 g/mol. The number of amides is 2. The van der Waals surface area contributed by atoms with Gasteiger partial charge >= 0.3 is 5.97 Å². The second-order valence-corrected chi connectivity index (χ2v) is 6.24. The third-order valence-electron chi connectivity index (χ3n) is 4.71. The Morgan fingerprint density at radius 2 is 1.72 bits per heavy atom. The Kier molecular flexibility index (Phi) is 5.77. The van der Waals surface area contributed by atoms with Crippen LogP contribution in [0.5, 0.6) is 0 Å². The molecule has 3 aromatic rings. The molecule has 0 bridgehead atoms. The molecule has 1 aliphatic rings. The van der Waals surface area contributed by atoms with E-state index in [1.807, 2.05) is 13.8 Å². The van der Waals surface area contributed by atoms with Crippen molar-refractivity contribution in [3.8, 4) is 0 Å². The van der Waals surface area contributed by atoms with Crippen molar-refractivity contribution in [2.45, 2.75) is 20.3 Å². The van der Waals surface area contributed by atoms with Crippen LogP contribution in [0.4, 0.5) is 4.39 Å². The van der Waals surface area contributed by atoms with Crippen LogP contribution in [0.1, 0.15) is 50.5 Å². The van der Waals surface area contributed by atoms with Crippen molar-refractivity contribution >= 4 is 28.7 Å². The highest BCUT2D eigenvalue weighted by molar-refractivity contribution is 6.21. The molecule has 0 saturated carbocycles. The average Bonchev–Trinajstić information content (AvgIpc) is 3.26. The van der Waals surface area contributed by atoms with E-state index in [0.717, 1.165) is 6.07 Å². The number of hydrogen-bond acceptors (Lipinski definition) is 4. The van der Waals surface area contributed by atoms with Crippen LogP contribution in [-0.4, -0.2) is 41.3 Å². The number of rotatable bonds is 4. The summed E-state index contributed by atoms with van der Waals surface area (Å²) >= 11 is 0. The Bertz CT molecular complexity index is 1070. The number of carbonyl (C=O) groups excluding carboxylic acids is 3. The number of ether oxygens (including phenoxy) is 1. The largest absolute Gasteiger partial charge is 0.465 e. The first-order chi connectivity index (χ1) is 14.0. The SMILES string of the molecule is CC.COC(=O)c1cc(F)cc2[nH]cc(CCN3C(=O)c4ccccc4C3=O)c12. The maximum absolute atomic E-state index is 13.8. The molecule has 0 spiro atoms. The summed E-state index contributed by atoms with van der Waals surface area (Å²) in [7, 11) is 1.23. The summed E-state index contributed by atoms with van der Waals surface area (Å²) in [4.78, 5) is 41.1.